The van der Waals surface area contributed by atoms with E-state index < -0.39 is 0 Å². The van der Waals surface area contributed by atoms with Gasteiger partial charge in [-0.2, -0.15) is 0 Å². The van der Waals surface area contributed by atoms with Crippen molar-refractivity contribution in [1.82, 2.24) is 14.7 Å². The molecule has 2 aromatic heterocycles. The Morgan fingerprint density at radius 3 is 2.95 bits per heavy atom. The molecular weight excluding hydrogens is 306 g/mol. The lowest BCUT2D eigenvalue weighted by Crippen LogP contribution is -2.35. The topological polar surface area (TPSA) is 63.5 Å². The zero-order valence-corrected chi connectivity index (χ0v) is 13.8. The number of thiazole rings is 1. The Hall–Kier alpha value is -1.34. The predicted octanol–water partition coefficient (Wildman–Crippen LogP) is 2.29. The van der Waals surface area contributed by atoms with E-state index in [1.807, 2.05) is 5.38 Å². The Labute approximate surface area is 131 Å². The molecule has 5 nitrogen and oxygen atoms in total. The summed E-state index contributed by atoms with van der Waals surface area (Å²) in [6, 6.07) is 1.79. The minimum Gasteiger partial charge on any atom is -0.353 e. The van der Waals surface area contributed by atoms with Gasteiger partial charge < -0.3 is 5.32 Å². The number of rotatable bonds is 7. The van der Waals surface area contributed by atoms with Crippen molar-refractivity contribution in [2.24, 2.45) is 0 Å². The fraction of sp³-hybridized carbons (Fsp3) is 0.500. The number of aromatic nitrogens is 2. The highest BCUT2D eigenvalue weighted by Gasteiger charge is 2.09. The summed E-state index contributed by atoms with van der Waals surface area (Å²) in [5.74, 6) is 1.00. The summed E-state index contributed by atoms with van der Waals surface area (Å²) < 4.78 is 1.53. The van der Waals surface area contributed by atoms with Gasteiger partial charge in [0.15, 0.2) is 4.96 Å². The molecule has 2 rings (SSSR count). The Balaban J connectivity index is 1.87. The number of fused-ring (bicyclic) bond motifs is 1. The van der Waals surface area contributed by atoms with Crippen LogP contribution in [0.15, 0.2) is 22.4 Å². The molecule has 0 aliphatic rings. The predicted molar refractivity (Wildman–Crippen MR) is 88.0 cm³/mol. The minimum atomic E-state index is -0.0710. The Morgan fingerprint density at radius 2 is 2.24 bits per heavy atom. The molecule has 0 aliphatic carbocycles. The monoisotopic (exact) mass is 325 g/mol. The van der Waals surface area contributed by atoms with Gasteiger partial charge in [-0.25, -0.2) is 4.98 Å². The molecule has 0 atom stereocenters. The lowest BCUT2D eigenvalue weighted by atomic mass is 10.2. The maximum Gasteiger partial charge on any atom is 0.258 e. The van der Waals surface area contributed by atoms with Crippen LogP contribution in [0.3, 0.4) is 0 Å². The summed E-state index contributed by atoms with van der Waals surface area (Å²) in [7, 11) is 0. The van der Waals surface area contributed by atoms with E-state index in [1.54, 1.807) is 6.20 Å². The average Bonchev–Trinajstić information content (AvgIpc) is 2.93. The van der Waals surface area contributed by atoms with Gasteiger partial charge >= 0.3 is 0 Å². The van der Waals surface area contributed by atoms with Crippen molar-refractivity contribution in [3.63, 3.8) is 0 Å². The highest BCUT2D eigenvalue weighted by Crippen LogP contribution is 2.12. The van der Waals surface area contributed by atoms with Crippen molar-refractivity contribution in [3.05, 3.63) is 33.7 Å². The summed E-state index contributed by atoms with van der Waals surface area (Å²) in [4.78, 5) is 28.7. The van der Waals surface area contributed by atoms with Crippen molar-refractivity contribution in [3.8, 4) is 0 Å². The van der Waals surface area contributed by atoms with E-state index in [0.717, 1.165) is 18.5 Å². The summed E-state index contributed by atoms with van der Waals surface area (Å²) in [5, 5.41) is 4.83. The first-order chi connectivity index (χ1) is 10.1. The van der Waals surface area contributed by atoms with Crippen LogP contribution in [-0.2, 0) is 10.5 Å². The third kappa shape index (κ3) is 4.31. The maximum absolute atomic E-state index is 11.8. The summed E-state index contributed by atoms with van der Waals surface area (Å²) in [5.41, 5.74) is 0.654. The second kappa shape index (κ2) is 7.61. The highest BCUT2D eigenvalue weighted by atomic mass is 32.2. The first-order valence-electron chi connectivity index (χ1n) is 6.97. The van der Waals surface area contributed by atoms with Crippen LogP contribution in [0.5, 0.6) is 0 Å². The summed E-state index contributed by atoms with van der Waals surface area (Å²) in [6.45, 7) is 4.13. The zero-order valence-electron chi connectivity index (χ0n) is 12.2. The van der Waals surface area contributed by atoms with Gasteiger partial charge in [0.25, 0.3) is 5.56 Å². The lowest BCUT2D eigenvalue weighted by molar-refractivity contribution is -0.119. The van der Waals surface area contributed by atoms with Crippen LogP contribution in [-0.4, -0.2) is 27.1 Å². The molecule has 1 amide bonds. The molecule has 0 bridgehead atoms. The van der Waals surface area contributed by atoms with Gasteiger partial charge in [-0.3, -0.25) is 14.0 Å². The van der Waals surface area contributed by atoms with Gasteiger partial charge in [0, 0.05) is 29.4 Å². The molecule has 0 radical (unpaired) electrons. The lowest BCUT2D eigenvalue weighted by Gasteiger charge is -2.14. The van der Waals surface area contributed by atoms with Crippen LogP contribution in [0.2, 0.25) is 0 Å². The van der Waals surface area contributed by atoms with Crippen molar-refractivity contribution in [1.29, 1.82) is 0 Å². The van der Waals surface area contributed by atoms with Crippen LogP contribution >= 0.6 is 23.1 Å². The first kappa shape index (κ1) is 16.0. The summed E-state index contributed by atoms with van der Waals surface area (Å²) in [6.07, 6.45) is 3.61. The van der Waals surface area contributed by atoms with Crippen molar-refractivity contribution in [2.45, 2.75) is 38.5 Å². The molecule has 0 aromatic carbocycles. The molecule has 0 fully saturated rings. The van der Waals surface area contributed by atoms with Gasteiger partial charge in [-0.05, 0) is 12.8 Å². The summed E-state index contributed by atoms with van der Waals surface area (Å²) >= 11 is 2.91. The molecule has 114 valence electrons. The van der Waals surface area contributed by atoms with E-state index in [0.29, 0.717) is 16.5 Å². The number of amides is 1. The molecule has 0 saturated carbocycles. The number of thioether (sulfide) groups is 1. The quantitative estimate of drug-likeness (QED) is 0.848. The first-order valence-corrected chi connectivity index (χ1v) is 9.00. The van der Waals surface area contributed by atoms with E-state index in [4.69, 9.17) is 0 Å². The van der Waals surface area contributed by atoms with E-state index in [-0.39, 0.29) is 17.5 Å². The molecule has 0 saturated heterocycles. The van der Waals surface area contributed by atoms with E-state index in [2.05, 4.69) is 24.1 Å². The molecule has 2 aromatic rings. The van der Waals surface area contributed by atoms with Gasteiger partial charge in [-0.15, -0.1) is 23.1 Å². The smallest absolute Gasteiger partial charge is 0.258 e. The van der Waals surface area contributed by atoms with Gasteiger partial charge in [0.05, 0.1) is 11.4 Å². The van der Waals surface area contributed by atoms with Crippen LogP contribution in [0.25, 0.3) is 4.96 Å². The van der Waals surface area contributed by atoms with Gasteiger partial charge in [0.1, 0.15) is 0 Å². The fourth-order valence-corrected chi connectivity index (χ4v) is 3.44. The van der Waals surface area contributed by atoms with Gasteiger partial charge in [-0.1, -0.05) is 13.8 Å². The third-order valence-electron chi connectivity index (χ3n) is 3.19. The number of hydrogen-bond donors (Lipinski definition) is 1. The highest BCUT2D eigenvalue weighted by molar-refractivity contribution is 7.99. The molecule has 0 unspecified atom stereocenters. The zero-order chi connectivity index (χ0) is 15.2. The van der Waals surface area contributed by atoms with Gasteiger partial charge in [0.2, 0.25) is 5.91 Å². The van der Waals surface area contributed by atoms with Crippen LogP contribution < -0.4 is 10.9 Å². The van der Waals surface area contributed by atoms with Crippen LogP contribution in [0.1, 0.15) is 32.4 Å². The second-order valence-electron chi connectivity index (χ2n) is 4.72. The molecule has 21 heavy (non-hydrogen) atoms. The van der Waals surface area contributed by atoms with Crippen LogP contribution in [0, 0.1) is 0 Å². The van der Waals surface area contributed by atoms with E-state index in [9.17, 15) is 9.59 Å². The molecular formula is C14H19N3O2S2. The number of hydrogen-bond acceptors (Lipinski definition) is 5. The molecule has 7 heteroatoms. The Morgan fingerprint density at radius 1 is 1.48 bits per heavy atom. The molecule has 0 spiro atoms. The maximum atomic E-state index is 11.8. The minimum absolute atomic E-state index is 0.0441. The number of carbonyl (C=O) groups is 1. The fourth-order valence-electron chi connectivity index (χ4n) is 1.97. The molecule has 2 heterocycles. The SMILES string of the molecule is CCC(CC)NC(=O)CSCc1cc(=O)n2ccsc2n1. The largest absolute Gasteiger partial charge is 0.353 e. The molecule has 0 aliphatic heterocycles. The van der Waals surface area contributed by atoms with E-state index in [1.165, 1.54) is 33.6 Å². The Kier molecular flexibility index (Phi) is 5.81. The molecule has 1 N–H and O–H groups in total. The number of carbonyl (C=O) groups excluding carboxylic acids is 1. The number of nitrogens with zero attached hydrogens (tertiary/aromatic N) is 2. The van der Waals surface area contributed by atoms with Crippen LogP contribution in [0.4, 0.5) is 0 Å². The number of nitrogens with one attached hydrogen (secondary N) is 1. The Bertz CT molecular complexity index is 662. The standard InChI is InChI=1S/C14H19N3O2S2/c1-3-10(4-2)15-12(18)9-20-8-11-7-13(19)17-5-6-21-14(17)16-11/h5-7,10H,3-4,8-9H2,1-2H3,(H,15,18). The van der Waals surface area contributed by atoms with Crippen molar-refractivity contribution < 1.29 is 4.79 Å². The normalized spacial score (nSPS) is 11.2. The van der Waals surface area contributed by atoms with Crippen molar-refractivity contribution in [2.75, 3.05) is 5.75 Å². The van der Waals surface area contributed by atoms with E-state index >= 15 is 0 Å². The second-order valence-corrected chi connectivity index (χ2v) is 6.57. The van der Waals surface area contributed by atoms with Crippen molar-refractivity contribution >= 4 is 34.0 Å². The third-order valence-corrected chi connectivity index (χ3v) is 4.91. The average molecular weight is 325 g/mol.